The molecule has 0 aliphatic rings. The lowest BCUT2D eigenvalue weighted by Crippen LogP contribution is -2.36. The van der Waals surface area contributed by atoms with Gasteiger partial charge in [0.25, 0.3) is 0 Å². The molecule has 0 radical (unpaired) electrons. The van der Waals surface area contributed by atoms with Gasteiger partial charge in [0.1, 0.15) is 6.26 Å². The van der Waals surface area contributed by atoms with E-state index in [1.54, 1.807) is 25.3 Å². The zero-order chi connectivity index (χ0) is 19.8. The largest absolute Gasteiger partial charge is 0.464 e. The number of rotatable bonds is 8. The maximum absolute atomic E-state index is 12.7. The second-order valence-corrected chi connectivity index (χ2v) is 6.20. The summed E-state index contributed by atoms with van der Waals surface area (Å²) in [5.41, 5.74) is 0.413. The molecule has 1 heterocycles. The van der Waals surface area contributed by atoms with Crippen LogP contribution in [0.25, 0.3) is 0 Å². The van der Waals surface area contributed by atoms with Crippen molar-refractivity contribution in [3.63, 3.8) is 0 Å². The predicted octanol–water partition coefficient (Wildman–Crippen LogP) is 3.84. The first-order valence-corrected chi connectivity index (χ1v) is 8.73. The van der Waals surface area contributed by atoms with Gasteiger partial charge >= 0.3 is 12.0 Å². The molecule has 0 saturated heterocycles. The van der Waals surface area contributed by atoms with Crippen LogP contribution >= 0.6 is 23.2 Å². The van der Waals surface area contributed by atoms with E-state index in [1.807, 2.05) is 0 Å². The van der Waals surface area contributed by atoms with E-state index >= 15 is 0 Å². The van der Waals surface area contributed by atoms with Crippen molar-refractivity contribution in [2.45, 2.75) is 13.0 Å². The fraction of sp³-hybridized carbons (Fsp3) is 0.353. The number of hydrogen-bond acceptors (Lipinski definition) is 6. The molecule has 0 fully saturated rings. The number of nitrogens with one attached hydrogen (secondary N) is 1. The highest BCUT2D eigenvalue weighted by atomic mass is 35.5. The van der Waals surface area contributed by atoms with Gasteiger partial charge in [-0.05, 0) is 18.6 Å². The molecule has 0 spiro atoms. The van der Waals surface area contributed by atoms with Gasteiger partial charge in [-0.15, -0.1) is 0 Å². The standard InChI is InChI=1S/C17H19Cl2N3O5/c1-25-8-4-7-22(9-14-20-13(10-27-14)16(23)26-2)17(24)21-12-6-3-5-11(18)15(12)19/h3,5-6,10H,4,7-9H2,1-2H3,(H,21,24). The molecule has 0 saturated carbocycles. The van der Waals surface area contributed by atoms with Crippen molar-refractivity contribution >= 4 is 40.9 Å². The lowest BCUT2D eigenvalue weighted by molar-refractivity contribution is 0.0594. The molecular formula is C17H19Cl2N3O5. The molecule has 0 bridgehead atoms. The van der Waals surface area contributed by atoms with Crippen LogP contribution in [0.5, 0.6) is 0 Å². The molecule has 0 unspecified atom stereocenters. The molecule has 0 atom stereocenters. The highest BCUT2D eigenvalue weighted by molar-refractivity contribution is 6.43. The normalized spacial score (nSPS) is 10.5. The van der Waals surface area contributed by atoms with Crippen LogP contribution < -0.4 is 5.32 Å². The Morgan fingerprint density at radius 3 is 2.78 bits per heavy atom. The van der Waals surface area contributed by atoms with Crippen molar-refractivity contribution < 1.29 is 23.5 Å². The van der Waals surface area contributed by atoms with Gasteiger partial charge in [-0.1, -0.05) is 29.3 Å². The Bertz CT molecular complexity index is 797. The van der Waals surface area contributed by atoms with Crippen molar-refractivity contribution in [3.05, 3.63) is 46.1 Å². The number of halogens is 2. The summed E-state index contributed by atoms with van der Waals surface area (Å²) in [5, 5.41) is 3.28. The van der Waals surface area contributed by atoms with Crippen LogP contribution in [0.2, 0.25) is 10.0 Å². The van der Waals surface area contributed by atoms with Crippen LogP contribution in [-0.4, -0.2) is 49.3 Å². The van der Waals surface area contributed by atoms with Gasteiger partial charge in [0.15, 0.2) is 5.69 Å². The second-order valence-electron chi connectivity index (χ2n) is 5.42. The third-order valence-corrected chi connectivity index (χ3v) is 4.35. The molecule has 146 valence electrons. The highest BCUT2D eigenvalue weighted by Gasteiger charge is 2.20. The van der Waals surface area contributed by atoms with Gasteiger partial charge in [-0.25, -0.2) is 14.6 Å². The van der Waals surface area contributed by atoms with Crippen LogP contribution in [0.3, 0.4) is 0 Å². The molecule has 2 amide bonds. The Morgan fingerprint density at radius 1 is 1.30 bits per heavy atom. The van der Waals surface area contributed by atoms with E-state index in [0.717, 1.165) is 0 Å². The van der Waals surface area contributed by atoms with Gasteiger partial charge in [0.05, 0.1) is 29.4 Å². The quantitative estimate of drug-likeness (QED) is 0.519. The van der Waals surface area contributed by atoms with E-state index in [1.165, 1.54) is 18.3 Å². The topological polar surface area (TPSA) is 93.9 Å². The summed E-state index contributed by atoms with van der Waals surface area (Å²) < 4.78 is 14.9. The Balaban J connectivity index is 2.12. The minimum Gasteiger partial charge on any atom is -0.464 e. The molecule has 27 heavy (non-hydrogen) atoms. The Kier molecular flexibility index (Phi) is 7.90. The van der Waals surface area contributed by atoms with Crippen LogP contribution in [0.1, 0.15) is 22.8 Å². The summed E-state index contributed by atoms with van der Waals surface area (Å²) in [6.07, 6.45) is 1.78. The van der Waals surface area contributed by atoms with Gasteiger partial charge in [-0.3, -0.25) is 0 Å². The maximum atomic E-state index is 12.7. The fourth-order valence-corrected chi connectivity index (χ4v) is 2.54. The van der Waals surface area contributed by atoms with Crippen molar-refractivity contribution in [2.75, 3.05) is 32.7 Å². The number of amides is 2. The third-order valence-electron chi connectivity index (χ3n) is 3.53. The molecule has 2 rings (SSSR count). The zero-order valence-corrected chi connectivity index (χ0v) is 16.3. The smallest absolute Gasteiger partial charge is 0.360 e. The number of carbonyl (C=O) groups excluding carboxylic acids is 2. The first kappa shape index (κ1) is 21.0. The lowest BCUT2D eigenvalue weighted by atomic mass is 10.3. The lowest BCUT2D eigenvalue weighted by Gasteiger charge is -2.22. The van der Waals surface area contributed by atoms with E-state index < -0.39 is 12.0 Å². The van der Waals surface area contributed by atoms with Crippen LogP contribution in [0, 0.1) is 0 Å². The van der Waals surface area contributed by atoms with E-state index in [9.17, 15) is 9.59 Å². The number of hydrogen-bond donors (Lipinski definition) is 1. The Labute approximate surface area is 166 Å². The molecular weight excluding hydrogens is 397 g/mol. The first-order valence-electron chi connectivity index (χ1n) is 7.97. The number of oxazole rings is 1. The maximum Gasteiger partial charge on any atom is 0.360 e. The first-order chi connectivity index (χ1) is 13.0. The van der Waals surface area contributed by atoms with Crippen LogP contribution in [-0.2, 0) is 16.0 Å². The number of aromatic nitrogens is 1. The second kappa shape index (κ2) is 10.1. The summed E-state index contributed by atoms with van der Waals surface area (Å²) in [5.74, 6) is -0.425. The molecule has 2 aromatic rings. The molecule has 0 aliphatic heterocycles. The zero-order valence-electron chi connectivity index (χ0n) is 14.8. The number of ether oxygens (including phenoxy) is 2. The Hall–Kier alpha value is -2.29. The number of urea groups is 1. The van der Waals surface area contributed by atoms with Gasteiger partial charge in [-0.2, -0.15) is 0 Å². The fourth-order valence-electron chi connectivity index (χ4n) is 2.19. The highest BCUT2D eigenvalue weighted by Crippen LogP contribution is 2.29. The summed E-state index contributed by atoms with van der Waals surface area (Å²) in [6.45, 7) is 0.888. The number of methoxy groups -OCH3 is 2. The SMILES string of the molecule is COCCCN(Cc1nc(C(=O)OC)co1)C(=O)Nc1cccc(Cl)c1Cl. The van der Waals surface area contributed by atoms with Crippen molar-refractivity contribution in [2.24, 2.45) is 0 Å². The van der Waals surface area contributed by atoms with Crippen LogP contribution in [0.15, 0.2) is 28.9 Å². The van der Waals surface area contributed by atoms with E-state index in [4.69, 9.17) is 32.4 Å². The van der Waals surface area contributed by atoms with Crippen molar-refractivity contribution in [1.82, 2.24) is 9.88 Å². The number of anilines is 1. The summed E-state index contributed by atoms with van der Waals surface area (Å²) in [4.78, 5) is 29.7. The minimum absolute atomic E-state index is 0.0302. The average molecular weight is 416 g/mol. The van der Waals surface area contributed by atoms with Gasteiger partial charge < -0.3 is 24.1 Å². The average Bonchev–Trinajstić information content (AvgIpc) is 3.12. The van der Waals surface area contributed by atoms with Gasteiger partial charge in [0, 0.05) is 20.3 Å². The number of benzene rings is 1. The van der Waals surface area contributed by atoms with Gasteiger partial charge in [0.2, 0.25) is 5.89 Å². The molecule has 1 aromatic heterocycles. The number of carbonyl (C=O) groups is 2. The van der Waals surface area contributed by atoms with E-state index in [-0.39, 0.29) is 23.2 Å². The number of esters is 1. The van der Waals surface area contributed by atoms with E-state index in [0.29, 0.717) is 30.3 Å². The minimum atomic E-state index is -0.619. The predicted molar refractivity (Wildman–Crippen MR) is 100 cm³/mol. The Morgan fingerprint density at radius 2 is 2.07 bits per heavy atom. The van der Waals surface area contributed by atoms with E-state index in [2.05, 4.69) is 15.0 Å². The molecule has 0 aliphatic carbocycles. The monoisotopic (exact) mass is 415 g/mol. The molecule has 1 aromatic carbocycles. The summed E-state index contributed by atoms with van der Waals surface area (Å²) in [7, 11) is 2.82. The summed E-state index contributed by atoms with van der Waals surface area (Å²) in [6, 6.07) is 4.51. The van der Waals surface area contributed by atoms with Crippen molar-refractivity contribution in [3.8, 4) is 0 Å². The molecule has 10 heteroatoms. The van der Waals surface area contributed by atoms with Crippen LogP contribution in [0.4, 0.5) is 10.5 Å². The summed E-state index contributed by atoms with van der Waals surface area (Å²) >= 11 is 12.1. The molecule has 1 N–H and O–H groups in total. The third kappa shape index (κ3) is 5.85. The number of nitrogens with zero attached hydrogens (tertiary/aromatic N) is 2. The van der Waals surface area contributed by atoms with Crippen molar-refractivity contribution in [1.29, 1.82) is 0 Å². The molecule has 8 nitrogen and oxygen atoms in total.